The summed E-state index contributed by atoms with van der Waals surface area (Å²) in [7, 11) is 0. The lowest BCUT2D eigenvalue weighted by molar-refractivity contribution is 1.15. The highest BCUT2D eigenvalue weighted by Crippen LogP contribution is 2.28. The number of hydrogen-bond donors (Lipinski definition) is 1. The average molecular weight is 278 g/mol. The van der Waals surface area contributed by atoms with Crippen LogP contribution in [0.3, 0.4) is 0 Å². The molecular weight excluding hydrogens is 264 g/mol. The summed E-state index contributed by atoms with van der Waals surface area (Å²) in [4.78, 5) is 7.64. The molecule has 1 radical (unpaired) electrons. The monoisotopic (exact) mass is 277 g/mol. The standard InChI is InChI=1S/C13H14BrN2/c1-4-12-8(2)13(16-9(12)3)6-11-5-10(14)7-15-11/h5-6,15H,4H2,1-3H3/b13-6+. The van der Waals surface area contributed by atoms with Crippen LogP contribution in [0.15, 0.2) is 32.4 Å². The van der Waals surface area contributed by atoms with Gasteiger partial charge in [-0.1, -0.05) is 6.92 Å². The number of aromatic nitrogens is 1. The van der Waals surface area contributed by atoms with Gasteiger partial charge in [0.2, 0.25) is 0 Å². The van der Waals surface area contributed by atoms with Crippen molar-refractivity contribution in [2.24, 2.45) is 4.99 Å². The average Bonchev–Trinajstić information content (AvgIpc) is 2.74. The van der Waals surface area contributed by atoms with E-state index in [2.05, 4.69) is 59.0 Å². The third kappa shape index (κ3) is 2.05. The van der Waals surface area contributed by atoms with E-state index in [0.29, 0.717) is 0 Å². The second-order valence-corrected chi connectivity index (χ2v) is 4.74. The lowest BCUT2D eigenvalue weighted by Gasteiger charge is -1.99. The largest absolute Gasteiger partial charge is 0.353 e. The highest BCUT2D eigenvalue weighted by Gasteiger charge is 2.15. The van der Waals surface area contributed by atoms with Crippen molar-refractivity contribution in [1.82, 2.24) is 4.98 Å². The summed E-state index contributed by atoms with van der Waals surface area (Å²) in [6, 6.07) is 2.00. The molecule has 1 aliphatic heterocycles. The lowest BCUT2D eigenvalue weighted by Crippen LogP contribution is -1.91. The number of aliphatic imine (C=N–C) groups is 1. The van der Waals surface area contributed by atoms with Crippen molar-refractivity contribution in [3.8, 4) is 0 Å². The minimum Gasteiger partial charge on any atom is -0.353 e. The first-order valence-electron chi connectivity index (χ1n) is 5.35. The second-order valence-electron chi connectivity index (χ2n) is 3.88. The Morgan fingerprint density at radius 2 is 2.25 bits per heavy atom. The quantitative estimate of drug-likeness (QED) is 0.843. The Morgan fingerprint density at radius 3 is 2.75 bits per heavy atom. The van der Waals surface area contributed by atoms with Crippen LogP contribution in [0.5, 0.6) is 0 Å². The van der Waals surface area contributed by atoms with E-state index in [4.69, 9.17) is 0 Å². The summed E-state index contributed by atoms with van der Waals surface area (Å²) in [6.07, 6.45) is 6.08. The molecule has 83 valence electrons. The van der Waals surface area contributed by atoms with Gasteiger partial charge in [-0.25, -0.2) is 0 Å². The maximum Gasteiger partial charge on any atom is 0.0780 e. The predicted molar refractivity (Wildman–Crippen MR) is 71.4 cm³/mol. The molecule has 0 aromatic carbocycles. The zero-order chi connectivity index (χ0) is 11.7. The Bertz CT molecular complexity index is 504. The van der Waals surface area contributed by atoms with Crippen LogP contribution in [0.4, 0.5) is 0 Å². The number of rotatable bonds is 2. The molecule has 2 heterocycles. The first-order chi connectivity index (χ1) is 7.61. The molecule has 0 unspecified atom stereocenters. The van der Waals surface area contributed by atoms with Crippen molar-refractivity contribution < 1.29 is 0 Å². The normalized spacial score (nSPS) is 18.5. The summed E-state index contributed by atoms with van der Waals surface area (Å²) >= 11 is 3.37. The first-order valence-corrected chi connectivity index (χ1v) is 6.14. The van der Waals surface area contributed by atoms with Gasteiger partial charge in [-0.05, 0) is 59.5 Å². The van der Waals surface area contributed by atoms with Gasteiger partial charge in [0.15, 0.2) is 0 Å². The fourth-order valence-corrected chi connectivity index (χ4v) is 2.33. The number of hydrogen-bond acceptors (Lipinski definition) is 1. The molecule has 1 N–H and O–H groups in total. The number of allylic oxidation sites excluding steroid dienone is 2. The molecule has 0 fully saturated rings. The van der Waals surface area contributed by atoms with Crippen molar-refractivity contribution in [2.45, 2.75) is 27.2 Å². The Balaban J connectivity index is 2.38. The van der Waals surface area contributed by atoms with Gasteiger partial charge in [0, 0.05) is 15.9 Å². The minimum atomic E-state index is 0.940. The Hall–Kier alpha value is -1.09. The van der Waals surface area contributed by atoms with Crippen molar-refractivity contribution in [1.29, 1.82) is 0 Å². The van der Waals surface area contributed by atoms with Crippen molar-refractivity contribution in [3.05, 3.63) is 39.3 Å². The summed E-state index contributed by atoms with van der Waals surface area (Å²) in [5.74, 6) is 0. The fraction of sp³-hybridized carbons (Fsp3) is 0.308. The van der Waals surface area contributed by atoms with E-state index in [9.17, 15) is 0 Å². The van der Waals surface area contributed by atoms with Crippen LogP contribution >= 0.6 is 15.9 Å². The van der Waals surface area contributed by atoms with Crippen molar-refractivity contribution >= 4 is 27.7 Å². The molecule has 0 bridgehead atoms. The van der Waals surface area contributed by atoms with E-state index in [1.807, 2.05) is 6.07 Å². The van der Waals surface area contributed by atoms with Gasteiger partial charge in [0.05, 0.1) is 11.9 Å². The second kappa shape index (κ2) is 4.42. The summed E-state index contributed by atoms with van der Waals surface area (Å²) in [5.41, 5.74) is 5.86. The number of aromatic amines is 1. The molecule has 0 saturated heterocycles. The summed E-state index contributed by atoms with van der Waals surface area (Å²) in [5, 5.41) is 0. The SMILES string of the molecule is CCC1=C(C)/C(=C\c2cc(Br)[c][nH]2)N=C1C. The number of halogens is 1. The number of nitrogens with zero attached hydrogens (tertiary/aromatic N) is 1. The van der Waals surface area contributed by atoms with Crippen molar-refractivity contribution in [3.63, 3.8) is 0 Å². The zero-order valence-corrected chi connectivity index (χ0v) is 11.3. The molecule has 0 atom stereocenters. The molecule has 2 rings (SSSR count). The molecule has 0 aliphatic carbocycles. The number of H-pyrrole nitrogens is 1. The maximum atomic E-state index is 4.58. The van der Waals surface area contributed by atoms with Gasteiger partial charge in [-0.15, -0.1) is 0 Å². The smallest absolute Gasteiger partial charge is 0.0780 e. The molecule has 1 aliphatic rings. The van der Waals surface area contributed by atoms with Gasteiger partial charge < -0.3 is 4.98 Å². The Labute approximate surface area is 104 Å². The van der Waals surface area contributed by atoms with Crippen LogP contribution in [0.25, 0.3) is 6.08 Å². The minimum absolute atomic E-state index is 0.940. The molecular formula is C13H14BrN2. The van der Waals surface area contributed by atoms with E-state index in [1.54, 1.807) is 0 Å². The molecule has 0 saturated carbocycles. The predicted octanol–water partition coefficient (Wildman–Crippen LogP) is 4.12. The van der Waals surface area contributed by atoms with E-state index in [1.165, 1.54) is 11.1 Å². The fourth-order valence-electron chi connectivity index (χ4n) is 1.99. The molecule has 2 nitrogen and oxygen atoms in total. The Morgan fingerprint density at radius 1 is 1.50 bits per heavy atom. The topological polar surface area (TPSA) is 28.1 Å². The molecule has 16 heavy (non-hydrogen) atoms. The molecule has 0 spiro atoms. The van der Waals surface area contributed by atoms with Crippen LogP contribution in [0.1, 0.15) is 32.9 Å². The number of nitrogens with one attached hydrogen (secondary N) is 1. The maximum absolute atomic E-state index is 4.58. The Kier molecular flexibility index (Phi) is 3.15. The van der Waals surface area contributed by atoms with Crippen molar-refractivity contribution in [2.75, 3.05) is 0 Å². The zero-order valence-electron chi connectivity index (χ0n) is 9.69. The van der Waals surface area contributed by atoms with Gasteiger partial charge in [-0.3, -0.25) is 4.99 Å². The van der Waals surface area contributed by atoms with Crippen LogP contribution < -0.4 is 0 Å². The van der Waals surface area contributed by atoms with Crippen LogP contribution in [0.2, 0.25) is 0 Å². The van der Waals surface area contributed by atoms with E-state index < -0.39 is 0 Å². The molecule has 1 aromatic rings. The molecule has 0 amide bonds. The van der Waals surface area contributed by atoms with Crippen LogP contribution in [0, 0.1) is 6.20 Å². The first kappa shape index (κ1) is 11.4. The van der Waals surface area contributed by atoms with Crippen LogP contribution in [-0.2, 0) is 0 Å². The highest BCUT2D eigenvalue weighted by atomic mass is 79.9. The summed E-state index contributed by atoms with van der Waals surface area (Å²) in [6.45, 7) is 6.37. The van der Waals surface area contributed by atoms with Gasteiger partial charge in [0.25, 0.3) is 0 Å². The van der Waals surface area contributed by atoms with Gasteiger partial charge >= 0.3 is 0 Å². The lowest BCUT2D eigenvalue weighted by atomic mass is 10.0. The van der Waals surface area contributed by atoms with Gasteiger partial charge in [0.1, 0.15) is 0 Å². The van der Waals surface area contributed by atoms with E-state index in [-0.39, 0.29) is 0 Å². The molecule has 1 aromatic heterocycles. The van der Waals surface area contributed by atoms with Crippen LogP contribution in [-0.4, -0.2) is 10.7 Å². The van der Waals surface area contributed by atoms with E-state index in [0.717, 1.165) is 28.0 Å². The third-order valence-corrected chi connectivity index (χ3v) is 3.24. The third-order valence-electron chi connectivity index (χ3n) is 2.82. The summed E-state index contributed by atoms with van der Waals surface area (Å²) < 4.78 is 0.940. The van der Waals surface area contributed by atoms with E-state index >= 15 is 0 Å². The molecule has 3 heteroatoms. The highest BCUT2D eigenvalue weighted by molar-refractivity contribution is 9.10. The van der Waals surface area contributed by atoms with Gasteiger partial charge in [-0.2, -0.15) is 0 Å².